The molecule has 27 heavy (non-hydrogen) atoms. The van der Waals surface area contributed by atoms with Crippen LogP contribution in [-0.2, 0) is 11.2 Å². The van der Waals surface area contributed by atoms with Gasteiger partial charge in [-0.05, 0) is 41.2 Å². The molecule has 0 unspecified atom stereocenters. The van der Waals surface area contributed by atoms with Gasteiger partial charge in [0.05, 0.1) is 6.21 Å². The Hall–Kier alpha value is -1.92. The number of halogens is 1. The van der Waals surface area contributed by atoms with Gasteiger partial charge in [-0.25, -0.2) is 0 Å². The van der Waals surface area contributed by atoms with Gasteiger partial charge in [-0.3, -0.25) is 0 Å². The predicted octanol–water partition coefficient (Wildman–Crippen LogP) is 5.82. The fourth-order valence-electron chi connectivity index (χ4n) is 2.48. The fourth-order valence-corrected chi connectivity index (χ4v) is 3.64. The third-order valence-electron chi connectivity index (χ3n) is 4.15. The molecule has 2 aromatic carbocycles. The SMILES string of the molecule is Cc1nnc(SCc2ccc(Br)cc2)n1/N=C\c1ccc(C(C)(C)C)cc1. The van der Waals surface area contributed by atoms with E-state index in [1.165, 1.54) is 11.1 Å². The number of benzene rings is 2. The van der Waals surface area contributed by atoms with Gasteiger partial charge in [0, 0.05) is 10.2 Å². The van der Waals surface area contributed by atoms with Gasteiger partial charge in [-0.2, -0.15) is 9.78 Å². The molecule has 6 heteroatoms. The van der Waals surface area contributed by atoms with Crippen LogP contribution in [0.3, 0.4) is 0 Å². The molecule has 3 aromatic rings. The van der Waals surface area contributed by atoms with Crippen LogP contribution in [-0.4, -0.2) is 21.1 Å². The lowest BCUT2D eigenvalue weighted by Crippen LogP contribution is -2.10. The Morgan fingerprint density at radius 2 is 1.70 bits per heavy atom. The minimum absolute atomic E-state index is 0.150. The summed E-state index contributed by atoms with van der Waals surface area (Å²) < 4.78 is 2.87. The predicted molar refractivity (Wildman–Crippen MR) is 117 cm³/mol. The van der Waals surface area contributed by atoms with E-state index in [0.717, 1.165) is 26.8 Å². The minimum Gasteiger partial charge on any atom is -0.192 e. The van der Waals surface area contributed by atoms with Gasteiger partial charge in [0.15, 0.2) is 5.82 Å². The van der Waals surface area contributed by atoms with Crippen LogP contribution >= 0.6 is 27.7 Å². The van der Waals surface area contributed by atoms with Gasteiger partial charge in [0.2, 0.25) is 5.16 Å². The molecule has 0 saturated heterocycles. The zero-order chi connectivity index (χ0) is 19.4. The molecule has 0 saturated carbocycles. The molecule has 0 aliphatic rings. The summed E-state index contributed by atoms with van der Waals surface area (Å²) in [5.41, 5.74) is 3.75. The number of aryl methyl sites for hydroxylation is 1. The summed E-state index contributed by atoms with van der Waals surface area (Å²) in [6.07, 6.45) is 1.85. The second-order valence-electron chi connectivity index (χ2n) is 7.37. The molecule has 0 bridgehead atoms. The van der Waals surface area contributed by atoms with E-state index in [1.54, 1.807) is 16.4 Å². The number of nitrogens with zero attached hydrogens (tertiary/aromatic N) is 4. The van der Waals surface area contributed by atoms with E-state index in [2.05, 4.69) is 88.4 Å². The van der Waals surface area contributed by atoms with E-state index in [-0.39, 0.29) is 5.41 Å². The highest BCUT2D eigenvalue weighted by atomic mass is 79.9. The van der Waals surface area contributed by atoms with Gasteiger partial charge in [0.1, 0.15) is 0 Å². The summed E-state index contributed by atoms with van der Waals surface area (Å²) in [4.78, 5) is 0. The zero-order valence-electron chi connectivity index (χ0n) is 16.0. The number of hydrogen-bond donors (Lipinski definition) is 0. The minimum atomic E-state index is 0.150. The molecule has 1 aromatic heterocycles. The standard InChI is InChI=1S/C21H23BrN4S/c1-15-24-25-20(27-14-17-7-11-19(22)12-8-17)26(15)23-13-16-5-9-18(10-6-16)21(2,3)4/h5-13H,14H2,1-4H3/b23-13-. The number of aromatic nitrogens is 3. The molecular weight excluding hydrogens is 420 g/mol. The number of thioether (sulfide) groups is 1. The Bertz CT molecular complexity index is 922. The highest BCUT2D eigenvalue weighted by Crippen LogP contribution is 2.24. The molecule has 0 fully saturated rings. The van der Waals surface area contributed by atoms with E-state index in [0.29, 0.717) is 0 Å². The summed E-state index contributed by atoms with van der Waals surface area (Å²) in [7, 11) is 0. The van der Waals surface area contributed by atoms with Gasteiger partial charge >= 0.3 is 0 Å². The quantitative estimate of drug-likeness (QED) is 0.369. The Morgan fingerprint density at radius 1 is 1.04 bits per heavy atom. The molecule has 0 spiro atoms. The van der Waals surface area contributed by atoms with Crippen molar-refractivity contribution in [2.45, 2.75) is 44.0 Å². The molecule has 0 aliphatic heterocycles. The van der Waals surface area contributed by atoms with Gasteiger partial charge in [-0.15, -0.1) is 10.2 Å². The van der Waals surface area contributed by atoms with Crippen molar-refractivity contribution in [3.8, 4) is 0 Å². The van der Waals surface area contributed by atoms with E-state index >= 15 is 0 Å². The van der Waals surface area contributed by atoms with E-state index in [4.69, 9.17) is 0 Å². The van der Waals surface area contributed by atoms with Crippen LogP contribution in [0, 0.1) is 6.92 Å². The lowest BCUT2D eigenvalue weighted by atomic mass is 9.87. The maximum Gasteiger partial charge on any atom is 0.212 e. The summed E-state index contributed by atoms with van der Waals surface area (Å²) in [5.74, 6) is 1.59. The van der Waals surface area contributed by atoms with Crippen LogP contribution in [0.2, 0.25) is 0 Å². The third-order valence-corrected chi connectivity index (χ3v) is 5.67. The Morgan fingerprint density at radius 3 is 2.33 bits per heavy atom. The smallest absolute Gasteiger partial charge is 0.192 e. The summed E-state index contributed by atoms with van der Waals surface area (Å²) in [6, 6.07) is 16.8. The molecule has 4 nitrogen and oxygen atoms in total. The van der Waals surface area contributed by atoms with Crippen molar-refractivity contribution in [2.75, 3.05) is 0 Å². The Kier molecular flexibility index (Phi) is 6.17. The third kappa shape index (κ3) is 5.30. The average Bonchev–Trinajstić information content (AvgIpc) is 2.99. The first kappa shape index (κ1) is 19.8. The molecule has 0 aliphatic carbocycles. The van der Waals surface area contributed by atoms with E-state index < -0.39 is 0 Å². The lowest BCUT2D eigenvalue weighted by molar-refractivity contribution is 0.590. The second-order valence-corrected chi connectivity index (χ2v) is 9.23. The fraction of sp³-hybridized carbons (Fsp3) is 0.286. The maximum atomic E-state index is 4.59. The molecular formula is C21H23BrN4S. The lowest BCUT2D eigenvalue weighted by Gasteiger charge is -2.18. The Balaban J connectivity index is 1.72. The topological polar surface area (TPSA) is 43.1 Å². The molecule has 1 heterocycles. The van der Waals surface area contributed by atoms with Crippen LogP contribution in [0.1, 0.15) is 43.3 Å². The van der Waals surface area contributed by atoms with Gasteiger partial charge < -0.3 is 0 Å². The highest BCUT2D eigenvalue weighted by molar-refractivity contribution is 9.10. The van der Waals surface area contributed by atoms with Crippen LogP contribution in [0.4, 0.5) is 0 Å². The summed E-state index contributed by atoms with van der Waals surface area (Å²) in [5, 5.41) is 13.8. The van der Waals surface area contributed by atoms with E-state index in [1.807, 2.05) is 25.3 Å². The monoisotopic (exact) mass is 442 g/mol. The van der Waals surface area contributed by atoms with Crippen LogP contribution in [0.5, 0.6) is 0 Å². The van der Waals surface area contributed by atoms with Gasteiger partial charge in [-0.1, -0.05) is 84.9 Å². The molecule has 0 amide bonds. The molecule has 0 N–H and O–H groups in total. The second kappa shape index (κ2) is 8.40. The first-order chi connectivity index (χ1) is 12.8. The maximum absolute atomic E-state index is 4.59. The van der Waals surface area contributed by atoms with Crippen molar-refractivity contribution >= 4 is 33.9 Å². The first-order valence-corrected chi connectivity index (χ1v) is 10.5. The zero-order valence-corrected chi connectivity index (χ0v) is 18.4. The van der Waals surface area contributed by atoms with Gasteiger partial charge in [0.25, 0.3) is 0 Å². The molecule has 140 valence electrons. The van der Waals surface area contributed by atoms with Crippen molar-refractivity contribution < 1.29 is 0 Å². The van der Waals surface area contributed by atoms with Crippen molar-refractivity contribution in [3.05, 3.63) is 75.5 Å². The van der Waals surface area contributed by atoms with E-state index in [9.17, 15) is 0 Å². The van der Waals surface area contributed by atoms with Crippen molar-refractivity contribution in [1.29, 1.82) is 0 Å². The first-order valence-electron chi connectivity index (χ1n) is 8.77. The Labute approximate surface area is 173 Å². The summed E-state index contributed by atoms with van der Waals surface area (Å²) in [6.45, 7) is 8.55. The molecule has 0 atom stereocenters. The van der Waals surface area contributed by atoms with Crippen LogP contribution in [0.15, 0.2) is 63.3 Å². The van der Waals surface area contributed by atoms with Crippen molar-refractivity contribution in [2.24, 2.45) is 5.10 Å². The van der Waals surface area contributed by atoms with Crippen molar-refractivity contribution in [3.63, 3.8) is 0 Å². The summed E-state index contributed by atoms with van der Waals surface area (Å²) >= 11 is 5.09. The highest BCUT2D eigenvalue weighted by Gasteiger charge is 2.13. The molecule has 3 rings (SSSR count). The number of rotatable bonds is 5. The average molecular weight is 443 g/mol. The largest absolute Gasteiger partial charge is 0.212 e. The van der Waals surface area contributed by atoms with Crippen LogP contribution in [0.25, 0.3) is 0 Å². The van der Waals surface area contributed by atoms with Crippen LogP contribution < -0.4 is 0 Å². The normalized spacial score (nSPS) is 12.0. The number of hydrogen-bond acceptors (Lipinski definition) is 4. The van der Waals surface area contributed by atoms with Crippen molar-refractivity contribution in [1.82, 2.24) is 14.9 Å². The molecule has 0 radical (unpaired) electrons.